The second-order valence-electron chi connectivity index (χ2n) is 5.27. The van der Waals surface area contributed by atoms with Gasteiger partial charge < -0.3 is 9.55 Å². The first-order valence-corrected chi connectivity index (χ1v) is 7.04. The first-order chi connectivity index (χ1) is 11.8. The van der Waals surface area contributed by atoms with Crippen LogP contribution in [-0.2, 0) is 21.1 Å². The van der Waals surface area contributed by atoms with Crippen molar-refractivity contribution < 1.29 is 0 Å². The first kappa shape index (κ1) is 16.2. The summed E-state index contributed by atoms with van der Waals surface area (Å²) >= 11 is 0. The van der Waals surface area contributed by atoms with Gasteiger partial charge in [-0.15, -0.1) is 0 Å². The molecular weight excluding hydrogens is 332 g/mol. The van der Waals surface area contributed by atoms with Crippen molar-refractivity contribution in [3.8, 4) is 0 Å². The molecule has 0 spiro atoms. The number of rotatable bonds is 0. The van der Waals surface area contributed by atoms with Crippen LogP contribution in [0.3, 0.4) is 0 Å². The van der Waals surface area contributed by atoms with Crippen LogP contribution in [-0.4, -0.2) is 38.6 Å². The molecule has 4 rings (SSSR count). The van der Waals surface area contributed by atoms with Crippen molar-refractivity contribution in [2.45, 2.75) is 0 Å². The molecule has 0 aliphatic carbocycles. The maximum Gasteiger partial charge on any atom is 0.332 e. The van der Waals surface area contributed by atoms with Crippen LogP contribution in [0.1, 0.15) is 0 Å². The Morgan fingerprint density at radius 2 is 1.68 bits per heavy atom. The van der Waals surface area contributed by atoms with E-state index >= 15 is 0 Å². The summed E-state index contributed by atoms with van der Waals surface area (Å²) < 4.78 is 4.04. The minimum absolute atomic E-state index is 0.277. The number of imidazole rings is 2. The average molecular weight is 346 g/mol. The van der Waals surface area contributed by atoms with E-state index < -0.39 is 11.2 Å². The summed E-state index contributed by atoms with van der Waals surface area (Å²) in [6.45, 7) is 0. The van der Waals surface area contributed by atoms with Crippen LogP contribution < -0.4 is 22.5 Å². The second-order valence-corrected chi connectivity index (χ2v) is 5.27. The zero-order valence-corrected chi connectivity index (χ0v) is 13.5. The lowest BCUT2D eigenvalue weighted by Gasteiger charge is -2.02. The van der Waals surface area contributed by atoms with E-state index in [9.17, 15) is 19.2 Å². The number of hydrogen-bond donors (Lipinski definition) is 3. The Morgan fingerprint density at radius 1 is 0.960 bits per heavy atom. The first-order valence-electron chi connectivity index (χ1n) is 7.04. The Labute approximate surface area is 137 Å². The molecule has 25 heavy (non-hydrogen) atoms. The quantitative estimate of drug-likeness (QED) is 0.331. The predicted octanol–water partition coefficient (Wildman–Crippen LogP) is -2.09. The van der Waals surface area contributed by atoms with Crippen LogP contribution in [0, 0.1) is 0 Å². The summed E-state index contributed by atoms with van der Waals surface area (Å²) in [5, 5.41) is 0. The molecule has 4 aromatic rings. The van der Waals surface area contributed by atoms with E-state index in [4.69, 9.17) is 0 Å². The van der Waals surface area contributed by atoms with E-state index in [2.05, 4.69) is 24.9 Å². The Kier molecular flexibility index (Phi) is 3.71. The normalized spacial score (nSPS) is 10.8. The zero-order valence-electron chi connectivity index (χ0n) is 13.5. The highest BCUT2D eigenvalue weighted by Gasteiger charge is 2.11. The number of nitrogens with one attached hydrogen (secondary N) is 3. The van der Waals surface area contributed by atoms with Crippen molar-refractivity contribution in [2.75, 3.05) is 0 Å². The summed E-state index contributed by atoms with van der Waals surface area (Å²) in [4.78, 5) is 59.4. The van der Waals surface area contributed by atoms with Crippen molar-refractivity contribution in [2.24, 2.45) is 21.1 Å². The van der Waals surface area contributed by atoms with Gasteiger partial charge in [-0.25, -0.2) is 19.6 Å². The Balaban J connectivity index is 0.000000150. The lowest BCUT2D eigenvalue weighted by Crippen LogP contribution is -2.37. The van der Waals surface area contributed by atoms with Crippen molar-refractivity contribution in [3.05, 3.63) is 54.3 Å². The largest absolute Gasteiger partial charge is 0.339 e. The number of H-pyrrole nitrogens is 3. The van der Waals surface area contributed by atoms with Gasteiger partial charge in [-0.3, -0.25) is 28.7 Å². The highest BCUT2D eigenvalue weighted by molar-refractivity contribution is 5.69. The molecule has 0 saturated carbocycles. The minimum Gasteiger partial charge on any atom is -0.339 e. The summed E-state index contributed by atoms with van der Waals surface area (Å²) in [5.74, 6) is 0. The van der Waals surface area contributed by atoms with Crippen molar-refractivity contribution in [1.82, 2.24) is 38.6 Å². The second kappa shape index (κ2) is 5.74. The highest BCUT2D eigenvalue weighted by atomic mass is 16.2. The Hall–Kier alpha value is -3.70. The lowest BCUT2D eigenvalue weighted by atomic mass is 10.5. The highest BCUT2D eigenvalue weighted by Crippen LogP contribution is 2.01. The van der Waals surface area contributed by atoms with Gasteiger partial charge in [-0.05, 0) is 0 Å². The topological polar surface area (TPSA) is 156 Å². The molecule has 4 heterocycles. The molecule has 3 N–H and O–H groups in total. The number of aromatic nitrogens is 8. The summed E-state index contributed by atoms with van der Waals surface area (Å²) in [6.07, 6.45) is 2.86. The van der Waals surface area contributed by atoms with Gasteiger partial charge in [0.2, 0.25) is 0 Å². The number of fused-ring (bicyclic) bond motifs is 2. The third-order valence-corrected chi connectivity index (χ3v) is 3.64. The molecule has 12 heteroatoms. The molecule has 0 aliphatic heterocycles. The van der Waals surface area contributed by atoms with Crippen LogP contribution >= 0.6 is 0 Å². The monoisotopic (exact) mass is 346 g/mol. The van der Waals surface area contributed by atoms with E-state index in [-0.39, 0.29) is 22.4 Å². The Bertz CT molecular complexity index is 1310. The molecule has 0 bridgehead atoms. The van der Waals surface area contributed by atoms with Gasteiger partial charge in [0.05, 0.1) is 12.7 Å². The molecule has 0 radical (unpaired) electrons. The molecule has 0 amide bonds. The lowest BCUT2D eigenvalue weighted by molar-refractivity contribution is 0.705. The molecule has 0 atom stereocenters. The predicted molar refractivity (Wildman–Crippen MR) is 88.5 cm³/mol. The third-order valence-electron chi connectivity index (χ3n) is 3.64. The summed E-state index contributed by atoms with van der Waals surface area (Å²) in [7, 11) is 4.77. The van der Waals surface area contributed by atoms with Crippen LogP contribution in [0.2, 0.25) is 0 Å². The molecular formula is C13H14N8O4. The van der Waals surface area contributed by atoms with Crippen LogP contribution in [0.15, 0.2) is 31.8 Å². The summed E-state index contributed by atoms with van der Waals surface area (Å²) in [5.41, 5.74) is -0.265. The zero-order chi connectivity index (χ0) is 18.3. The van der Waals surface area contributed by atoms with E-state index in [1.807, 2.05) is 0 Å². The van der Waals surface area contributed by atoms with E-state index in [0.29, 0.717) is 11.2 Å². The number of aryl methyl sites for hydroxylation is 2. The van der Waals surface area contributed by atoms with Crippen LogP contribution in [0.25, 0.3) is 22.3 Å². The van der Waals surface area contributed by atoms with Gasteiger partial charge in [-0.2, -0.15) is 0 Å². The van der Waals surface area contributed by atoms with Gasteiger partial charge >= 0.3 is 11.4 Å². The molecule has 130 valence electrons. The number of hydrogen-bond acceptors (Lipinski definition) is 6. The maximum absolute atomic E-state index is 11.7. The summed E-state index contributed by atoms with van der Waals surface area (Å²) in [6, 6.07) is 0. The van der Waals surface area contributed by atoms with E-state index in [0.717, 1.165) is 4.57 Å². The maximum atomic E-state index is 11.7. The van der Waals surface area contributed by atoms with Crippen LogP contribution in [0.4, 0.5) is 0 Å². The molecule has 4 aromatic heterocycles. The van der Waals surface area contributed by atoms with Gasteiger partial charge in [-0.1, -0.05) is 0 Å². The molecule has 0 saturated heterocycles. The number of aromatic amines is 3. The fraction of sp³-hybridized carbons (Fsp3) is 0.231. The standard InChI is InChI=1S/C8H10N4O2.C5H4N4O2/c1-10-4-9-6-5(10)7(13)12(3)8(14)11(6)2;10-4-2-3(7-1-6-2)8-5(11)9-4/h4H,1-3H3;1H,(H3,6,7,8,9,10,11). The van der Waals surface area contributed by atoms with Gasteiger partial charge in [0.25, 0.3) is 11.1 Å². The molecule has 0 aliphatic rings. The fourth-order valence-corrected chi connectivity index (χ4v) is 2.34. The number of nitrogens with zero attached hydrogens (tertiary/aromatic N) is 5. The van der Waals surface area contributed by atoms with Crippen molar-refractivity contribution >= 4 is 22.3 Å². The van der Waals surface area contributed by atoms with Crippen molar-refractivity contribution in [3.63, 3.8) is 0 Å². The van der Waals surface area contributed by atoms with E-state index in [1.54, 1.807) is 18.7 Å². The molecule has 0 fully saturated rings. The SMILES string of the molecule is Cn1c(=O)c2c(ncn2C)n(C)c1=O.O=c1[nH]c(=O)c2[nH]cnc2[nH]1. The van der Waals surface area contributed by atoms with Gasteiger partial charge in [0.15, 0.2) is 16.8 Å². The van der Waals surface area contributed by atoms with Gasteiger partial charge in [0.1, 0.15) is 5.52 Å². The fourth-order valence-electron chi connectivity index (χ4n) is 2.34. The average Bonchev–Trinajstić information content (AvgIpc) is 3.18. The van der Waals surface area contributed by atoms with E-state index in [1.165, 1.54) is 24.3 Å². The third kappa shape index (κ3) is 2.58. The molecule has 0 unspecified atom stereocenters. The van der Waals surface area contributed by atoms with Gasteiger partial charge in [0, 0.05) is 21.1 Å². The Morgan fingerprint density at radius 3 is 2.40 bits per heavy atom. The molecule has 12 nitrogen and oxygen atoms in total. The minimum atomic E-state index is -0.547. The smallest absolute Gasteiger partial charge is 0.332 e. The van der Waals surface area contributed by atoms with Crippen LogP contribution in [0.5, 0.6) is 0 Å². The molecule has 0 aromatic carbocycles. The van der Waals surface area contributed by atoms with Crippen molar-refractivity contribution in [1.29, 1.82) is 0 Å².